The van der Waals surface area contributed by atoms with Gasteiger partial charge in [-0.15, -0.1) is 0 Å². The minimum absolute atomic E-state index is 0.357. The van der Waals surface area contributed by atoms with Gasteiger partial charge in [-0.3, -0.25) is 4.90 Å². The Labute approximate surface area is 133 Å². The molecule has 1 aliphatic rings. The zero-order valence-corrected chi connectivity index (χ0v) is 13.6. The highest BCUT2D eigenvalue weighted by Gasteiger charge is 2.20. The van der Waals surface area contributed by atoms with Gasteiger partial charge in [-0.25, -0.2) is 0 Å². The zero-order valence-electron chi connectivity index (χ0n) is 13.6. The van der Waals surface area contributed by atoms with Crippen molar-refractivity contribution in [1.82, 2.24) is 4.90 Å². The van der Waals surface area contributed by atoms with Gasteiger partial charge >= 0.3 is 0 Å². The van der Waals surface area contributed by atoms with Crippen LogP contribution < -0.4 is 4.74 Å². The van der Waals surface area contributed by atoms with Crippen LogP contribution in [0.3, 0.4) is 0 Å². The monoisotopic (exact) mass is 295 g/mol. The van der Waals surface area contributed by atoms with Crippen LogP contribution in [0, 0.1) is 13.8 Å². The second-order valence-electron chi connectivity index (χ2n) is 6.33. The number of benzene rings is 2. The first-order valence-electron chi connectivity index (χ1n) is 8.21. The molecular weight excluding hydrogens is 270 g/mol. The van der Waals surface area contributed by atoms with Crippen LogP contribution in [-0.2, 0) is 6.54 Å². The van der Waals surface area contributed by atoms with E-state index in [4.69, 9.17) is 4.74 Å². The summed E-state index contributed by atoms with van der Waals surface area (Å²) in [6, 6.07) is 17.1. The minimum Gasteiger partial charge on any atom is -0.490 e. The van der Waals surface area contributed by atoms with Gasteiger partial charge < -0.3 is 4.74 Å². The van der Waals surface area contributed by atoms with Gasteiger partial charge in [0, 0.05) is 19.6 Å². The summed E-state index contributed by atoms with van der Waals surface area (Å²) in [5.74, 6) is 1.00. The predicted octanol–water partition coefficient (Wildman–Crippen LogP) is 4.35. The molecule has 1 fully saturated rings. The van der Waals surface area contributed by atoms with Crippen molar-refractivity contribution in [2.45, 2.75) is 39.3 Å². The van der Waals surface area contributed by atoms with Crippen LogP contribution in [0.1, 0.15) is 29.5 Å². The lowest BCUT2D eigenvalue weighted by atomic mass is 10.0. The van der Waals surface area contributed by atoms with Crippen molar-refractivity contribution in [3.8, 4) is 5.75 Å². The molecule has 0 amide bonds. The fraction of sp³-hybridized carbons (Fsp3) is 0.400. The second kappa shape index (κ2) is 6.97. The number of nitrogens with zero attached hydrogens (tertiary/aromatic N) is 1. The molecule has 0 radical (unpaired) electrons. The van der Waals surface area contributed by atoms with Crippen molar-refractivity contribution in [1.29, 1.82) is 0 Å². The molecule has 0 saturated carbocycles. The average molecular weight is 295 g/mol. The molecule has 0 spiro atoms. The number of hydrogen-bond acceptors (Lipinski definition) is 2. The maximum Gasteiger partial charge on any atom is 0.119 e. The average Bonchev–Trinajstić information content (AvgIpc) is 2.54. The molecule has 1 heterocycles. The molecule has 1 saturated heterocycles. The van der Waals surface area contributed by atoms with Gasteiger partial charge in [0.25, 0.3) is 0 Å². The summed E-state index contributed by atoms with van der Waals surface area (Å²) in [5.41, 5.74) is 4.11. The highest BCUT2D eigenvalue weighted by molar-refractivity contribution is 5.27. The Morgan fingerprint density at radius 2 is 1.64 bits per heavy atom. The molecule has 0 aromatic heterocycles. The standard InChI is InChI=1S/C20H25NO/c1-16-7-9-19(10-8-16)22-20-11-13-21(14-12-20)15-18-6-4-3-5-17(18)2/h3-10,20H,11-15H2,1-2H3. The van der Waals surface area contributed by atoms with Crippen LogP contribution in [0.15, 0.2) is 48.5 Å². The Morgan fingerprint density at radius 3 is 2.32 bits per heavy atom. The fourth-order valence-electron chi connectivity index (χ4n) is 3.02. The van der Waals surface area contributed by atoms with E-state index in [1.54, 1.807) is 0 Å². The summed E-state index contributed by atoms with van der Waals surface area (Å²) in [6.07, 6.45) is 2.58. The lowest BCUT2D eigenvalue weighted by Gasteiger charge is -2.32. The van der Waals surface area contributed by atoms with E-state index in [1.165, 1.54) is 16.7 Å². The molecule has 22 heavy (non-hydrogen) atoms. The second-order valence-corrected chi connectivity index (χ2v) is 6.33. The fourth-order valence-corrected chi connectivity index (χ4v) is 3.02. The molecule has 2 heteroatoms. The van der Waals surface area contributed by atoms with Gasteiger partial charge in [-0.2, -0.15) is 0 Å². The van der Waals surface area contributed by atoms with Crippen LogP contribution in [0.4, 0.5) is 0 Å². The van der Waals surface area contributed by atoms with Gasteiger partial charge in [0.1, 0.15) is 11.9 Å². The highest BCUT2D eigenvalue weighted by Crippen LogP contribution is 2.21. The molecule has 116 valence electrons. The first-order valence-corrected chi connectivity index (χ1v) is 8.21. The lowest BCUT2D eigenvalue weighted by molar-refractivity contribution is 0.0967. The summed E-state index contributed by atoms with van der Waals surface area (Å²) in [5, 5.41) is 0. The summed E-state index contributed by atoms with van der Waals surface area (Å²) in [7, 11) is 0. The van der Waals surface area contributed by atoms with E-state index in [0.717, 1.165) is 38.2 Å². The van der Waals surface area contributed by atoms with Gasteiger partial charge in [-0.1, -0.05) is 42.0 Å². The topological polar surface area (TPSA) is 12.5 Å². The van der Waals surface area contributed by atoms with Crippen molar-refractivity contribution < 1.29 is 4.74 Å². The summed E-state index contributed by atoms with van der Waals surface area (Å²) in [4.78, 5) is 2.54. The highest BCUT2D eigenvalue weighted by atomic mass is 16.5. The maximum atomic E-state index is 6.11. The van der Waals surface area contributed by atoms with E-state index in [9.17, 15) is 0 Å². The maximum absolute atomic E-state index is 6.11. The van der Waals surface area contributed by atoms with Crippen molar-refractivity contribution in [3.63, 3.8) is 0 Å². The van der Waals surface area contributed by atoms with Crippen LogP contribution >= 0.6 is 0 Å². The number of hydrogen-bond donors (Lipinski definition) is 0. The Bertz CT molecular complexity index is 597. The first kappa shape index (κ1) is 15.1. The van der Waals surface area contributed by atoms with Crippen LogP contribution in [0.2, 0.25) is 0 Å². The molecule has 2 nitrogen and oxygen atoms in total. The van der Waals surface area contributed by atoms with E-state index in [0.29, 0.717) is 6.10 Å². The van der Waals surface area contributed by atoms with E-state index in [2.05, 4.69) is 67.3 Å². The normalized spacial score (nSPS) is 16.6. The van der Waals surface area contributed by atoms with Gasteiger partial charge in [0.05, 0.1) is 0 Å². The number of likely N-dealkylation sites (tertiary alicyclic amines) is 1. The predicted molar refractivity (Wildman–Crippen MR) is 91.3 cm³/mol. The molecule has 2 aromatic carbocycles. The Hall–Kier alpha value is -1.80. The molecule has 0 N–H and O–H groups in total. The summed E-state index contributed by atoms with van der Waals surface area (Å²) >= 11 is 0. The number of piperidine rings is 1. The zero-order chi connectivity index (χ0) is 15.4. The van der Waals surface area contributed by atoms with Crippen molar-refractivity contribution in [2.75, 3.05) is 13.1 Å². The number of ether oxygens (including phenoxy) is 1. The first-order chi connectivity index (χ1) is 10.7. The van der Waals surface area contributed by atoms with Gasteiger partial charge in [-0.05, 0) is 49.9 Å². The third-order valence-electron chi connectivity index (χ3n) is 4.51. The van der Waals surface area contributed by atoms with Crippen molar-refractivity contribution in [3.05, 3.63) is 65.2 Å². The van der Waals surface area contributed by atoms with Gasteiger partial charge in [0.2, 0.25) is 0 Å². The third kappa shape index (κ3) is 3.89. The minimum atomic E-state index is 0.357. The van der Waals surface area contributed by atoms with E-state index >= 15 is 0 Å². The summed E-state index contributed by atoms with van der Waals surface area (Å²) in [6.45, 7) is 7.59. The quantitative estimate of drug-likeness (QED) is 0.831. The smallest absolute Gasteiger partial charge is 0.119 e. The molecule has 0 unspecified atom stereocenters. The molecule has 0 aliphatic carbocycles. The largest absolute Gasteiger partial charge is 0.490 e. The molecular formula is C20H25NO. The summed E-state index contributed by atoms with van der Waals surface area (Å²) < 4.78 is 6.11. The van der Waals surface area contributed by atoms with Crippen molar-refractivity contribution >= 4 is 0 Å². The van der Waals surface area contributed by atoms with Crippen LogP contribution in [0.5, 0.6) is 5.75 Å². The third-order valence-corrected chi connectivity index (χ3v) is 4.51. The van der Waals surface area contributed by atoms with Crippen LogP contribution in [0.25, 0.3) is 0 Å². The molecule has 3 rings (SSSR count). The lowest BCUT2D eigenvalue weighted by Crippen LogP contribution is -2.37. The SMILES string of the molecule is Cc1ccc(OC2CCN(Cc3ccccc3C)CC2)cc1. The molecule has 0 bridgehead atoms. The Kier molecular flexibility index (Phi) is 4.79. The van der Waals surface area contributed by atoms with Crippen LogP contribution in [-0.4, -0.2) is 24.1 Å². The Balaban J connectivity index is 1.50. The van der Waals surface area contributed by atoms with E-state index < -0.39 is 0 Å². The van der Waals surface area contributed by atoms with Crippen molar-refractivity contribution in [2.24, 2.45) is 0 Å². The number of rotatable bonds is 4. The van der Waals surface area contributed by atoms with E-state index in [1.807, 2.05) is 0 Å². The molecule has 0 atom stereocenters. The van der Waals surface area contributed by atoms with E-state index in [-0.39, 0.29) is 0 Å². The molecule has 2 aromatic rings. The number of aryl methyl sites for hydroxylation is 2. The van der Waals surface area contributed by atoms with Gasteiger partial charge in [0.15, 0.2) is 0 Å². The molecule has 1 aliphatic heterocycles. The Morgan fingerprint density at radius 1 is 0.955 bits per heavy atom.